The number of ether oxygens (including phenoxy) is 1. The molecule has 6 nitrogen and oxygen atoms in total. The lowest BCUT2D eigenvalue weighted by Gasteiger charge is -2.27. The highest BCUT2D eigenvalue weighted by Crippen LogP contribution is 2.25. The molecule has 0 atom stereocenters. The molecule has 4 heterocycles. The van der Waals surface area contributed by atoms with Gasteiger partial charge in [0, 0.05) is 49.1 Å². The van der Waals surface area contributed by atoms with Gasteiger partial charge in [0.1, 0.15) is 5.75 Å². The first kappa shape index (κ1) is 19.0. The van der Waals surface area contributed by atoms with Crippen LogP contribution in [0.3, 0.4) is 0 Å². The van der Waals surface area contributed by atoms with Crippen molar-refractivity contribution < 1.29 is 4.74 Å². The molecule has 1 aliphatic heterocycles. The molecule has 4 aromatic rings. The molecular weight excluding hydrogens is 394 g/mol. The fourth-order valence-electron chi connectivity index (χ4n) is 3.86. The summed E-state index contributed by atoms with van der Waals surface area (Å²) in [6.07, 6.45) is 4.92. The van der Waals surface area contributed by atoms with Gasteiger partial charge in [0.05, 0.1) is 29.6 Å². The van der Waals surface area contributed by atoms with E-state index in [1.54, 1.807) is 18.4 Å². The van der Waals surface area contributed by atoms with Crippen molar-refractivity contribution in [2.45, 2.75) is 26.4 Å². The van der Waals surface area contributed by atoms with E-state index in [9.17, 15) is 0 Å². The molecule has 1 aromatic carbocycles. The summed E-state index contributed by atoms with van der Waals surface area (Å²) in [5.41, 5.74) is 5.84. The Bertz CT molecular complexity index is 1150. The maximum atomic E-state index is 5.25. The summed E-state index contributed by atoms with van der Waals surface area (Å²) >= 11 is 1.68. The number of fused-ring (bicyclic) bond motifs is 1. The highest BCUT2D eigenvalue weighted by Gasteiger charge is 2.20. The second-order valence-electron chi connectivity index (χ2n) is 7.47. The molecule has 152 valence electrons. The highest BCUT2D eigenvalue weighted by atomic mass is 32.1. The average Bonchev–Trinajstić information content (AvgIpc) is 3.44. The van der Waals surface area contributed by atoms with Crippen molar-refractivity contribution in [3.8, 4) is 22.1 Å². The smallest absolute Gasteiger partial charge is 0.169 e. The molecule has 0 N–H and O–H groups in total. The van der Waals surface area contributed by atoms with Crippen LogP contribution < -0.4 is 4.74 Å². The Hall–Kier alpha value is -3.03. The van der Waals surface area contributed by atoms with Crippen LogP contribution in [0.2, 0.25) is 0 Å². The number of nitrogens with zero attached hydrogens (tertiary/aromatic N) is 5. The van der Waals surface area contributed by atoms with Crippen LogP contribution in [0, 0.1) is 6.92 Å². The summed E-state index contributed by atoms with van der Waals surface area (Å²) in [5.74, 6) is 1.69. The number of benzene rings is 1. The fraction of sp³-hybridized carbons (Fsp3) is 0.261. The molecule has 1 aliphatic rings. The maximum absolute atomic E-state index is 5.25. The van der Waals surface area contributed by atoms with Crippen molar-refractivity contribution in [2.75, 3.05) is 13.7 Å². The van der Waals surface area contributed by atoms with Crippen LogP contribution in [0.25, 0.3) is 16.4 Å². The third-order valence-electron chi connectivity index (χ3n) is 5.58. The van der Waals surface area contributed by atoms with Crippen LogP contribution >= 0.6 is 11.3 Å². The molecule has 0 bridgehead atoms. The Morgan fingerprint density at radius 1 is 1.13 bits per heavy atom. The first-order valence-corrected chi connectivity index (χ1v) is 10.9. The summed E-state index contributed by atoms with van der Waals surface area (Å²) in [7, 11) is 1.68. The van der Waals surface area contributed by atoms with Gasteiger partial charge in [0.25, 0.3) is 0 Å². The minimum atomic E-state index is 0.841. The van der Waals surface area contributed by atoms with E-state index in [-0.39, 0.29) is 0 Å². The molecule has 0 saturated carbocycles. The molecule has 0 fully saturated rings. The number of thiophene rings is 1. The second-order valence-corrected chi connectivity index (χ2v) is 8.42. The maximum Gasteiger partial charge on any atom is 0.169 e. The van der Waals surface area contributed by atoms with Crippen LogP contribution in [0.1, 0.15) is 22.5 Å². The summed E-state index contributed by atoms with van der Waals surface area (Å²) in [4.78, 5) is 13.0. The van der Waals surface area contributed by atoms with E-state index in [1.165, 1.54) is 16.8 Å². The van der Waals surface area contributed by atoms with Crippen LogP contribution in [0.5, 0.6) is 5.75 Å². The lowest BCUT2D eigenvalue weighted by atomic mass is 10.1. The van der Waals surface area contributed by atoms with Gasteiger partial charge >= 0.3 is 0 Å². The Kier molecular flexibility index (Phi) is 5.06. The third-order valence-corrected chi connectivity index (χ3v) is 6.44. The molecule has 0 aliphatic carbocycles. The zero-order valence-electron chi connectivity index (χ0n) is 17.1. The number of aromatic nitrogens is 4. The van der Waals surface area contributed by atoms with Crippen molar-refractivity contribution in [3.05, 3.63) is 76.7 Å². The normalized spacial score (nSPS) is 13.9. The van der Waals surface area contributed by atoms with Gasteiger partial charge in [-0.05, 0) is 42.6 Å². The van der Waals surface area contributed by atoms with Crippen molar-refractivity contribution in [3.63, 3.8) is 0 Å². The number of hydrogen-bond acceptors (Lipinski definition) is 6. The SMILES string of the molecule is COc1ccc(-n2ncc(CN3CCc4nc(-c5cccs5)ncc4C3)c2C)cc1. The quantitative estimate of drug-likeness (QED) is 0.485. The van der Waals surface area contributed by atoms with Gasteiger partial charge in [-0.1, -0.05) is 6.07 Å². The van der Waals surface area contributed by atoms with E-state index in [4.69, 9.17) is 9.72 Å². The summed E-state index contributed by atoms with van der Waals surface area (Å²) < 4.78 is 7.24. The van der Waals surface area contributed by atoms with Crippen LogP contribution in [-0.4, -0.2) is 38.3 Å². The Morgan fingerprint density at radius 3 is 2.77 bits per heavy atom. The van der Waals surface area contributed by atoms with Crippen LogP contribution in [0.15, 0.2) is 54.2 Å². The lowest BCUT2D eigenvalue weighted by molar-refractivity contribution is 0.242. The summed E-state index contributed by atoms with van der Waals surface area (Å²) in [5, 5.41) is 6.68. The van der Waals surface area contributed by atoms with Gasteiger partial charge in [0.15, 0.2) is 5.82 Å². The Labute approximate surface area is 179 Å². The Morgan fingerprint density at radius 2 is 2.00 bits per heavy atom. The van der Waals surface area contributed by atoms with Crippen molar-refractivity contribution in [2.24, 2.45) is 0 Å². The molecule has 0 unspecified atom stereocenters. The van der Waals surface area contributed by atoms with Gasteiger partial charge < -0.3 is 4.74 Å². The number of hydrogen-bond donors (Lipinski definition) is 0. The van der Waals surface area contributed by atoms with Crippen molar-refractivity contribution in [1.82, 2.24) is 24.6 Å². The monoisotopic (exact) mass is 417 g/mol. The van der Waals surface area contributed by atoms with Crippen molar-refractivity contribution in [1.29, 1.82) is 0 Å². The van der Waals surface area contributed by atoms with E-state index >= 15 is 0 Å². The Balaban J connectivity index is 1.31. The molecule has 30 heavy (non-hydrogen) atoms. The summed E-state index contributed by atoms with van der Waals surface area (Å²) in [6.45, 7) is 4.85. The predicted molar refractivity (Wildman–Crippen MR) is 118 cm³/mol. The highest BCUT2D eigenvalue weighted by molar-refractivity contribution is 7.13. The van der Waals surface area contributed by atoms with Crippen LogP contribution in [-0.2, 0) is 19.5 Å². The number of rotatable bonds is 5. The van der Waals surface area contributed by atoms with E-state index < -0.39 is 0 Å². The van der Waals surface area contributed by atoms with Gasteiger partial charge in [0.2, 0.25) is 0 Å². The molecular formula is C23H23N5OS. The van der Waals surface area contributed by atoms with E-state index in [2.05, 4.69) is 33.4 Å². The standard InChI is InChI=1S/C23H23N5OS/c1-16-17(13-25-28(16)19-5-7-20(29-2)8-6-19)14-27-10-9-21-18(15-27)12-24-23(26-21)22-4-3-11-30-22/h3-8,11-13H,9-10,14-15H2,1-2H3. The van der Waals surface area contributed by atoms with E-state index in [1.807, 2.05) is 47.4 Å². The molecule has 0 saturated heterocycles. The first-order chi connectivity index (χ1) is 14.7. The molecule has 0 spiro atoms. The topological polar surface area (TPSA) is 56.1 Å². The van der Waals surface area contributed by atoms with Crippen LogP contribution in [0.4, 0.5) is 0 Å². The van der Waals surface area contributed by atoms with Gasteiger partial charge in [-0.15, -0.1) is 11.3 Å². The molecule has 0 radical (unpaired) electrons. The largest absolute Gasteiger partial charge is 0.497 e. The van der Waals surface area contributed by atoms with E-state index in [0.29, 0.717) is 0 Å². The van der Waals surface area contributed by atoms with Gasteiger partial charge in [-0.25, -0.2) is 14.6 Å². The minimum absolute atomic E-state index is 0.841. The molecule has 3 aromatic heterocycles. The molecule has 7 heteroatoms. The van der Waals surface area contributed by atoms with Gasteiger partial charge in [-0.2, -0.15) is 5.10 Å². The van der Waals surface area contributed by atoms with Gasteiger partial charge in [-0.3, -0.25) is 4.90 Å². The average molecular weight is 418 g/mol. The zero-order valence-corrected chi connectivity index (χ0v) is 17.9. The fourth-order valence-corrected chi connectivity index (χ4v) is 4.52. The first-order valence-electron chi connectivity index (χ1n) is 10.0. The lowest BCUT2D eigenvalue weighted by Crippen LogP contribution is -2.31. The van der Waals surface area contributed by atoms with E-state index in [0.717, 1.165) is 53.9 Å². The summed E-state index contributed by atoms with van der Waals surface area (Å²) in [6, 6.07) is 12.1. The third kappa shape index (κ3) is 3.62. The minimum Gasteiger partial charge on any atom is -0.497 e. The molecule has 5 rings (SSSR count). The zero-order chi connectivity index (χ0) is 20.5. The van der Waals surface area contributed by atoms with Crippen molar-refractivity contribution >= 4 is 11.3 Å². The predicted octanol–water partition coefficient (Wildman–Crippen LogP) is 4.27. The molecule has 0 amide bonds. The second kappa shape index (κ2) is 8.01. The number of methoxy groups -OCH3 is 1.